The van der Waals surface area contributed by atoms with Crippen molar-refractivity contribution in [1.29, 1.82) is 0 Å². The lowest BCUT2D eigenvalue weighted by Gasteiger charge is -2.30. The minimum Gasteiger partial charge on any atom is -0.494 e. The van der Waals surface area contributed by atoms with Gasteiger partial charge in [-0.25, -0.2) is 9.78 Å². The predicted octanol–water partition coefficient (Wildman–Crippen LogP) is 4.68. The number of hydrogen-bond donors (Lipinski definition) is 1. The van der Waals surface area contributed by atoms with Gasteiger partial charge in [0.1, 0.15) is 5.75 Å². The van der Waals surface area contributed by atoms with Crippen LogP contribution in [-0.4, -0.2) is 28.2 Å². The molecule has 0 fully saturated rings. The van der Waals surface area contributed by atoms with E-state index >= 15 is 0 Å². The third-order valence-corrected chi connectivity index (χ3v) is 4.90. The second-order valence-electron chi connectivity index (χ2n) is 7.32. The number of nitrogens with one attached hydrogen (secondary N) is 1. The van der Waals surface area contributed by atoms with Crippen LogP contribution in [0, 0.1) is 0 Å². The third-order valence-electron chi connectivity index (χ3n) is 4.90. The Hall–Kier alpha value is -3.28. The maximum Gasteiger partial charge on any atom is 0.338 e. The quantitative estimate of drug-likeness (QED) is 0.640. The van der Waals surface area contributed by atoms with Crippen LogP contribution in [0.1, 0.15) is 39.3 Å². The van der Waals surface area contributed by atoms with Gasteiger partial charge in [0, 0.05) is 5.70 Å². The molecule has 3 aromatic rings. The molecule has 6 heteroatoms. The van der Waals surface area contributed by atoms with Gasteiger partial charge in [0.25, 0.3) is 0 Å². The van der Waals surface area contributed by atoms with Crippen molar-refractivity contribution in [3.05, 3.63) is 65.4 Å². The maximum absolute atomic E-state index is 13.1. The first kappa shape index (κ1) is 19.1. The van der Waals surface area contributed by atoms with Gasteiger partial charge in [-0.15, -0.1) is 0 Å². The smallest absolute Gasteiger partial charge is 0.338 e. The van der Waals surface area contributed by atoms with Gasteiger partial charge in [0.2, 0.25) is 5.95 Å². The average Bonchev–Trinajstić information content (AvgIpc) is 3.05. The average molecular weight is 391 g/mol. The molecule has 1 aliphatic rings. The Balaban J connectivity index is 1.89. The van der Waals surface area contributed by atoms with Crippen molar-refractivity contribution in [3.8, 4) is 5.75 Å². The highest BCUT2D eigenvalue weighted by Crippen LogP contribution is 2.40. The molecule has 0 saturated heterocycles. The van der Waals surface area contributed by atoms with Gasteiger partial charge in [0.15, 0.2) is 0 Å². The Morgan fingerprint density at radius 2 is 1.90 bits per heavy atom. The lowest BCUT2D eigenvalue weighted by atomic mass is 9.95. The van der Waals surface area contributed by atoms with E-state index in [1.807, 2.05) is 76.2 Å². The molecule has 1 aliphatic heterocycles. The SMILES string of the molecule is CCOc1ccc([C@H]2C(C(=O)OC(C)C)=C(C)Nc3nc4ccccc4n32)cc1. The van der Waals surface area contributed by atoms with Crippen LogP contribution >= 0.6 is 0 Å². The fourth-order valence-electron chi connectivity index (χ4n) is 3.73. The van der Waals surface area contributed by atoms with Crippen LogP contribution in [0.3, 0.4) is 0 Å². The van der Waals surface area contributed by atoms with E-state index in [-0.39, 0.29) is 18.1 Å². The van der Waals surface area contributed by atoms with Gasteiger partial charge in [-0.1, -0.05) is 24.3 Å². The molecule has 1 atom stereocenters. The van der Waals surface area contributed by atoms with E-state index in [0.717, 1.165) is 28.0 Å². The number of hydrogen-bond acceptors (Lipinski definition) is 5. The molecule has 29 heavy (non-hydrogen) atoms. The molecular formula is C23H25N3O3. The number of allylic oxidation sites excluding steroid dienone is 1. The summed E-state index contributed by atoms with van der Waals surface area (Å²) in [5.74, 6) is 1.18. The number of esters is 1. The molecule has 4 rings (SSSR count). The lowest BCUT2D eigenvalue weighted by molar-refractivity contribution is -0.143. The van der Waals surface area contributed by atoms with E-state index in [4.69, 9.17) is 14.5 Å². The lowest BCUT2D eigenvalue weighted by Crippen LogP contribution is -2.29. The van der Waals surface area contributed by atoms with E-state index in [1.54, 1.807) is 0 Å². The highest BCUT2D eigenvalue weighted by Gasteiger charge is 2.35. The van der Waals surface area contributed by atoms with Gasteiger partial charge >= 0.3 is 5.97 Å². The minimum atomic E-state index is -0.347. The summed E-state index contributed by atoms with van der Waals surface area (Å²) in [7, 11) is 0. The molecule has 1 aromatic heterocycles. The zero-order valence-corrected chi connectivity index (χ0v) is 17.1. The molecule has 0 bridgehead atoms. The minimum absolute atomic E-state index is 0.204. The molecule has 1 N–H and O–H groups in total. The summed E-state index contributed by atoms with van der Waals surface area (Å²) >= 11 is 0. The number of ether oxygens (including phenoxy) is 2. The summed E-state index contributed by atoms with van der Waals surface area (Å²) in [6.45, 7) is 8.16. The van der Waals surface area contributed by atoms with Gasteiger partial charge in [-0.3, -0.25) is 4.57 Å². The standard InChI is InChI=1S/C23H25N3O3/c1-5-28-17-12-10-16(11-13-17)21-20(22(27)29-14(2)3)15(4)24-23-25-18-8-6-7-9-19(18)26(21)23/h6-14,21H,5H2,1-4H3,(H,24,25)/t21-/m0/s1. The Morgan fingerprint density at radius 1 is 1.17 bits per heavy atom. The number of aromatic nitrogens is 2. The normalized spacial score (nSPS) is 16.0. The summed E-state index contributed by atoms with van der Waals surface area (Å²) in [6, 6.07) is 15.4. The highest BCUT2D eigenvalue weighted by atomic mass is 16.5. The van der Waals surface area contributed by atoms with Crippen LogP contribution in [0.5, 0.6) is 5.75 Å². The summed E-state index contributed by atoms with van der Waals surface area (Å²) < 4.78 is 13.2. The Bertz CT molecular complexity index is 1080. The van der Waals surface area contributed by atoms with Gasteiger partial charge < -0.3 is 14.8 Å². The van der Waals surface area contributed by atoms with Crippen molar-refractivity contribution in [2.45, 2.75) is 39.8 Å². The molecule has 0 amide bonds. The van der Waals surface area contributed by atoms with Crippen molar-refractivity contribution in [3.63, 3.8) is 0 Å². The molecule has 2 heterocycles. The van der Waals surface area contributed by atoms with E-state index in [2.05, 4.69) is 9.88 Å². The first-order valence-corrected chi connectivity index (χ1v) is 9.88. The molecular weight excluding hydrogens is 366 g/mol. The van der Waals surface area contributed by atoms with Crippen molar-refractivity contribution < 1.29 is 14.3 Å². The molecule has 150 valence electrons. The zero-order chi connectivity index (χ0) is 20.5. The van der Waals surface area contributed by atoms with Gasteiger partial charge in [0.05, 0.1) is 35.4 Å². The molecule has 0 unspecified atom stereocenters. The number of rotatable bonds is 5. The van der Waals surface area contributed by atoms with Crippen LogP contribution in [0.15, 0.2) is 59.8 Å². The van der Waals surface area contributed by atoms with Gasteiger partial charge in [-0.2, -0.15) is 0 Å². The maximum atomic E-state index is 13.1. The zero-order valence-electron chi connectivity index (χ0n) is 17.1. The third kappa shape index (κ3) is 3.46. The molecule has 0 aliphatic carbocycles. The topological polar surface area (TPSA) is 65.4 Å². The van der Waals surface area contributed by atoms with Crippen molar-refractivity contribution in [2.75, 3.05) is 11.9 Å². The molecule has 0 spiro atoms. The fourth-order valence-corrected chi connectivity index (χ4v) is 3.73. The fraction of sp³-hybridized carbons (Fsp3) is 0.304. The molecule has 2 aromatic carbocycles. The number of carbonyl (C=O) groups is 1. The summed E-state index contributed by atoms with van der Waals surface area (Å²) in [4.78, 5) is 17.8. The number of nitrogens with zero attached hydrogens (tertiary/aromatic N) is 2. The highest BCUT2D eigenvalue weighted by molar-refractivity contribution is 5.94. The largest absolute Gasteiger partial charge is 0.494 e. The molecule has 6 nitrogen and oxygen atoms in total. The van der Waals surface area contributed by atoms with E-state index < -0.39 is 0 Å². The second-order valence-corrected chi connectivity index (χ2v) is 7.32. The number of fused-ring (bicyclic) bond motifs is 3. The van der Waals surface area contributed by atoms with Crippen molar-refractivity contribution in [2.24, 2.45) is 0 Å². The van der Waals surface area contributed by atoms with E-state index in [9.17, 15) is 4.79 Å². The summed E-state index contributed by atoms with van der Waals surface area (Å²) in [5, 5.41) is 3.29. The van der Waals surface area contributed by atoms with Crippen LogP contribution in [0.25, 0.3) is 11.0 Å². The first-order valence-electron chi connectivity index (χ1n) is 9.88. The Kier molecular flexibility index (Phi) is 5.01. The molecule has 0 radical (unpaired) electrons. The second kappa shape index (κ2) is 7.62. The number of carbonyl (C=O) groups excluding carboxylic acids is 1. The van der Waals surface area contributed by atoms with Crippen LogP contribution in [-0.2, 0) is 9.53 Å². The Labute approximate surface area is 170 Å². The van der Waals surface area contributed by atoms with E-state index in [1.165, 1.54) is 0 Å². The number of anilines is 1. The first-order chi connectivity index (χ1) is 14.0. The van der Waals surface area contributed by atoms with E-state index in [0.29, 0.717) is 18.1 Å². The van der Waals surface area contributed by atoms with Crippen LogP contribution in [0.4, 0.5) is 5.95 Å². The predicted molar refractivity (Wildman–Crippen MR) is 113 cm³/mol. The van der Waals surface area contributed by atoms with Crippen molar-refractivity contribution >= 4 is 23.0 Å². The number of imidazole rings is 1. The van der Waals surface area contributed by atoms with Crippen molar-refractivity contribution in [1.82, 2.24) is 9.55 Å². The summed E-state index contributed by atoms with van der Waals surface area (Å²) in [5.41, 5.74) is 4.12. The van der Waals surface area contributed by atoms with Crippen LogP contribution in [0.2, 0.25) is 0 Å². The Morgan fingerprint density at radius 3 is 2.59 bits per heavy atom. The number of benzene rings is 2. The number of para-hydroxylation sites is 2. The molecule has 0 saturated carbocycles. The van der Waals surface area contributed by atoms with Crippen LogP contribution < -0.4 is 10.1 Å². The monoisotopic (exact) mass is 391 g/mol. The summed E-state index contributed by atoms with van der Waals surface area (Å²) in [6.07, 6.45) is -0.204. The van der Waals surface area contributed by atoms with Gasteiger partial charge in [-0.05, 0) is 57.5 Å².